The fraction of sp³-hybridized carbons (Fsp3) is 0.812. The largest absolute Gasteiger partial charge is 0.469 e. The van der Waals surface area contributed by atoms with Crippen molar-refractivity contribution in [1.82, 2.24) is 0 Å². The zero-order valence-electron chi connectivity index (χ0n) is 24.9. The van der Waals surface area contributed by atoms with Crippen LogP contribution in [0.5, 0.6) is 0 Å². The molecule has 4 aliphatic carbocycles. The first-order valence-electron chi connectivity index (χ1n) is 14.6. The van der Waals surface area contributed by atoms with E-state index < -0.39 is 11.5 Å². The zero-order valence-corrected chi connectivity index (χ0v) is 24.9. The minimum atomic E-state index is -0.523. The summed E-state index contributed by atoms with van der Waals surface area (Å²) in [6, 6.07) is 0. The Bertz CT molecular complexity index is 1020. The van der Waals surface area contributed by atoms with E-state index in [1.165, 1.54) is 25.4 Å². The third-order valence-corrected chi connectivity index (χ3v) is 12.3. The van der Waals surface area contributed by atoms with Gasteiger partial charge in [0.2, 0.25) is 0 Å². The van der Waals surface area contributed by atoms with Crippen molar-refractivity contribution in [2.45, 2.75) is 112 Å². The Kier molecular flexibility index (Phi) is 7.77. The Balaban J connectivity index is 1.69. The smallest absolute Gasteiger partial charge is 0.333 e. The van der Waals surface area contributed by atoms with E-state index in [0.29, 0.717) is 30.8 Å². The van der Waals surface area contributed by atoms with E-state index in [-0.39, 0.29) is 46.1 Å². The average molecular weight is 531 g/mol. The van der Waals surface area contributed by atoms with Crippen molar-refractivity contribution in [1.29, 1.82) is 0 Å². The number of aliphatic hydroxyl groups is 2. The Labute approximate surface area is 229 Å². The molecule has 214 valence electrons. The molecule has 0 heterocycles. The summed E-state index contributed by atoms with van der Waals surface area (Å²) in [6.45, 7) is 13.2. The van der Waals surface area contributed by atoms with Crippen LogP contribution < -0.4 is 0 Å². The lowest BCUT2D eigenvalue weighted by molar-refractivity contribution is -0.150. The van der Waals surface area contributed by atoms with E-state index in [9.17, 15) is 19.8 Å². The first-order chi connectivity index (χ1) is 17.7. The van der Waals surface area contributed by atoms with Crippen molar-refractivity contribution in [3.8, 4) is 0 Å². The van der Waals surface area contributed by atoms with Crippen LogP contribution in [0.1, 0.15) is 99.3 Å². The lowest BCUT2D eigenvalue weighted by Crippen LogP contribution is -2.56. The van der Waals surface area contributed by atoms with Gasteiger partial charge in [-0.1, -0.05) is 51.8 Å². The highest BCUT2D eigenvalue weighted by Crippen LogP contribution is 2.72. The molecule has 0 spiro atoms. The molecule has 0 saturated heterocycles. The van der Waals surface area contributed by atoms with Gasteiger partial charge in [0.1, 0.15) is 0 Å². The molecule has 0 aromatic rings. The first kappa shape index (κ1) is 29.3. The Morgan fingerprint density at radius 1 is 0.974 bits per heavy atom. The number of carbonyl (C=O) groups excluding carboxylic acids is 2. The molecule has 6 nitrogen and oxygen atoms in total. The first-order valence-corrected chi connectivity index (χ1v) is 14.6. The zero-order chi connectivity index (χ0) is 28.3. The second-order valence-corrected chi connectivity index (χ2v) is 13.9. The molecular weight excluding hydrogens is 480 g/mol. The van der Waals surface area contributed by atoms with E-state index >= 15 is 0 Å². The number of carbonyl (C=O) groups is 2. The molecule has 0 aromatic heterocycles. The van der Waals surface area contributed by atoms with Crippen molar-refractivity contribution in [3.05, 3.63) is 22.8 Å². The topological polar surface area (TPSA) is 93.1 Å². The SMILES string of the molecule is COC(=O)C(C)=CCC[C@@H](C(=O)OC)[C@H]1C[C@H](O)[C@@]2(C)C3=C(CC[C@]12C)[C@@]1(C)CC[C@H](O)C(C)(C)[C@@H]1CC3. The monoisotopic (exact) mass is 530 g/mol. The molecule has 4 rings (SSSR count). The number of fused-ring (bicyclic) bond motifs is 4. The number of hydrogen-bond acceptors (Lipinski definition) is 6. The van der Waals surface area contributed by atoms with Gasteiger partial charge in [0, 0.05) is 11.0 Å². The fourth-order valence-corrected chi connectivity index (χ4v) is 9.73. The van der Waals surface area contributed by atoms with E-state index in [1.807, 2.05) is 6.08 Å². The number of allylic oxidation sites excluding steroid dienone is 2. The van der Waals surface area contributed by atoms with Gasteiger partial charge in [-0.2, -0.15) is 0 Å². The van der Waals surface area contributed by atoms with Gasteiger partial charge in [0.15, 0.2) is 0 Å². The van der Waals surface area contributed by atoms with Crippen molar-refractivity contribution < 1.29 is 29.3 Å². The van der Waals surface area contributed by atoms with Crippen molar-refractivity contribution >= 4 is 11.9 Å². The molecule has 0 radical (unpaired) electrons. The van der Waals surface area contributed by atoms with Gasteiger partial charge in [-0.3, -0.25) is 4.79 Å². The summed E-state index contributed by atoms with van der Waals surface area (Å²) in [4.78, 5) is 25.0. The Morgan fingerprint density at radius 3 is 2.29 bits per heavy atom. The summed E-state index contributed by atoms with van der Waals surface area (Å²) in [6.07, 6.45) is 8.47. The maximum absolute atomic E-state index is 13.2. The van der Waals surface area contributed by atoms with Crippen LogP contribution in [0.2, 0.25) is 0 Å². The lowest BCUT2D eigenvalue weighted by Gasteiger charge is -2.62. The molecule has 2 N–H and O–H groups in total. The van der Waals surface area contributed by atoms with E-state index in [0.717, 1.165) is 38.5 Å². The summed E-state index contributed by atoms with van der Waals surface area (Å²) < 4.78 is 10.1. The quantitative estimate of drug-likeness (QED) is 0.258. The molecular formula is C32H50O6. The highest BCUT2D eigenvalue weighted by molar-refractivity contribution is 5.87. The molecule has 8 atom stereocenters. The molecule has 0 aromatic carbocycles. The van der Waals surface area contributed by atoms with Crippen LogP contribution >= 0.6 is 0 Å². The summed E-state index contributed by atoms with van der Waals surface area (Å²) in [7, 11) is 2.82. The van der Waals surface area contributed by atoms with Crippen LogP contribution in [0.15, 0.2) is 22.8 Å². The maximum Gasteiger partial charge on any atom is 0.333 e. The van der Waals surface area contributed by atoms with Gasteiger partial charge in [-0.15, -0.1) is 0 Å². The second kappa shape index (κ2) is 10.1. The van der Waals surface area contributed by atoms with Gasteiger partial charge >= 0.3 is 11.9 Å². The summed E-state index contributed by atoms with van der Waals surface area (Å²) in [5.41, 5.74) is 2.77. The highest BCUT2D eigenvalue weighted by Gasteiger charge is 2.67. The number of aliphatic hydroxyl groups excluding tert-OH is 2. The molecule has 0 amide bonds. The summed E-state index contributed by atoms with van der Waals surface area (Å²) in [5.74, 6) is -0.514. The Hall–Kier alpha value is -1.66. The number of methoxy groups -OCH3 is 2. The standard InChI is InChI=1S/C32H50O6/c1-19(27(35)37-7)10-9-11-20(28(36)38-8)23-18-26(34)32(6)22-12-13-24-29(2,3)25(33)15-16-30(24,4)21(22)14-17-31(23,32)5/h10,20,23-26,33-34H,9,11-18H2,1-8H3/t20-,23-,24+,25+,26+,30-,31-,32-/m1/s1. The maximum atomic E-state index is 13.2. The third-order valence-electron chi connectivity index (χ3n) is 12.3. The lowest BCUT2D eigenvalue weighted by atomic mass is 9.43. The molecule has 6 heteroatoms. The number of esters is 2. The molecule has 0 unspecified atom stereocenters. The number of hydrogen-bond donors (Lipinski definition) is 2. The summed E-state index contributed by atoms with van der Waals surface area (Å²) in [5, 5.41) is 22.7. The molecule has 2 fully saturated rings. The van der Waals surface area contributed by atoms with Crippen molar-refractivity contribution in [3.63, 3.8) is 0 Å². The second-order valence-electron chi connectivity index (χ2n) is 13.9. The van der Waals surface area contributed by atoms with Gasteiger partial charge < -0.3 is 19.7 Å². The fourth-order valence-electron chi connectivity index (χ4n) is 9.73. The number of ether oxygens (including phenoxy) is 2. The molecule has 2 saturated carbocycles. The summed E-state index contributed by atoms with van der Waals surface area (Å²) >= 11 is 0. The minimum absolute atomic E-state index is 0.00835. The van der Waals surface area contributed by atoms with Crippen molar-refractivity contribution in [2.75, 3.05) is 14.2 Å². The van der Waals surface area contributed by atoms with E-state index in [2.05, 4.69) is 34.6 Å². The van der Waals surface area contributed by atoms with E-state index in [4.69, 9.17) is 9.47 Å². The van der Waals surface area contributed by atoms with Crippen LogP contribution in [0.3, 0.4) is 0 Å². The van der Waals surface area contributed by atoms with Crippen LogP contribution in [-0.2, 0) is 19.1 Å². The predicted molar refractivity (Wildman–Crippen MR) is 147 cm³/mol. The predicted octanol–water partition coefficient (Wildman–Crippen LogP) is 5.76. The van der Waals surface area contributed by atoms with Crippen molar-refractivity contribution in [2.24, 2.45) is 39.4 Å². The van der Waals surface area contributed by atoms with Crippen LogP contribution in [0.4, 0.5) is 0 Å². The molecule has 0 aliphatic heterocycles. The highest BCUT2D eigenvalue weighted by atomic mass is 16.5. The van der Waals surface area contributed by atoms with Gasteiger partial charge in [0.05, 0.1) is 32.3 Å². The number of rotatable bonds is 6. The van der Waals surface area contributed by atoms with Crippen LogP contribution in [0, 0.1) is 39.4 Å². The van der Waals surface area contributed by atoms with Gasteiger partial charge in [-0.25, -0.2) is 4.79 Å². The van der Waals surface area contributed by atoms with Crippen LogP contribution in [-0.4, -0.2) is 48.6 Å². The van der Waals surface area contributed by atoms with Crippen LogP contribution in [0.25, 0.3) is 0 Å². The molecule has 38 heavy (non-hydrogen) atoms. The normalized spacial score (nSPS) is 41.1. The molecule has 0 bridgehead atoms. The molecule has 4 aliphatic rings. The average Bonchev–Trinajstić information content (AvgIpc) is 3.09. The van der Waals surface area contributed by atoms with E-state index in [1.54, 1.807) is 6.92 Å². The third kappa shape index (κ3) is 4.11. The van der Waals surface area contributed by atoms with Gasteiger partial charge in [0.25, 0.3) is 0 Å². The van der Waals surface area contributed by atoms with Gasteiger partial charge in [-0.05, 0) is 92.8 Å². The Morgan fingerprint density at radius 2 is 1.66 bits per heavy atom. The minimum Gasteiger partial charge on any atom is -0.469 e.